The van der Waals surface area contributed by atoms with E-state index in [1.165, 1.54) is 17.5 Å². The molecule has 2 heteroatoms. The molecule has 2 nitrogen and oxygen atoms in total. The summed E-state index contributed by atoms with van der Waals surface area (Å²) in [5.41, 5.74) is 8.86. The standard InChI is InChI=1S/C11H13NO/c1-13-6-2-3-7-8-5-10(8)11(12)9(7)4-6/h2-4,8,10-11H,5,12H2,1H3. The second-order valence-corrected chi connectivity index (χ2v) is 4.03. The molecule has 1 saturated carbocycles. The van der Waals surface area contributed by atoms with Gasteiger partial charge in [0.25, 0.3) is 0 Å². The number of benzene rings is 1. The predicted molar refractivity (Wildman–Crippen MR) is 50.8 cm³/mol. The highest BCUT2D eigenvalue weighted by molar-refractivity contribution is 5.48. The summed E-state index contributed by atoms with van der Waals surface area (Å²) in [4.78, 5) is 0. The zero-order valence-corrected chi connectivity index (χ0v) is 7.66. The molecule has 0 aromatic heterocycles. The summed E-state index contributed by atoms with van der Waals surface area (Å²) in [6, 6.07) is 6.56. The first kappa shape index (κ1) is 7.39. The summed E-state index contributed by atoms with van der Waals surface area (Å²) in [5.74, 6) is 2.41. The van der Waals surface area contributed by atoms with Crippen LogP contribution in [0.1, 0.15) is 29.5 Å². The average Bonchev–Trinajstić information content (AvgIpc) is 2.91. The number of hydrogen-bond donors (Lipinski definition) is 1. The molecule has 0 radical (unpaired) electrons. The van der Waals surface area contributed by atoms with Gasteiger partial charge in [0.1, 0.15) is 5.75 Å². The van der Waals surface area contributed by atoms with Crippen molar-refractivity contribution in [3.63, 3.8) is 0 Å². The van der Waals surface area contributed by atoms with Crippen LogP contribution in [0.5, 0.6) is 5.75 Å². The van der Waals surface area contributed by atoms with Crippen molar-refractivity contribution in [2.75, 3.05) is 7.11 Å². The largest absolute Gasteiger partial charge is 0.497 e. The van der Waals surface area contributed by atoms with Gasteiger partial charge in [0.15, 0.2) is 0 Å². The monoisotopic (exact) mass is 175 g/mol. The van der Waals surface area contributed by atoms with E-state index in [4.69, 9.17) is 10.5 Å². The van der Waals surface area contributed by atoms with Crippen LogP contribution in [0.15, 0.2) is 18.2 Å². The van der Waals surface area contributed by atoms with Crippen molar-refractivity contribution in [2.24, 2.45) is 11.7 Å². The molecule has 2 aliphatic carbocycles. The van der Waals surface area contributed by atoms with Crippen LogP contribution in [0.25, 0.3) is 0 Å². The number of nitrogens with two attached hydrogens (primary N) is 1. The molecule has 68 valence electrons. The lowest BCUT2D eigenvalue weighted by Crippen LogP contribution is -2.09. The van der Waals surface area contributed by atoms with E-state index in [-0.39, 0.29) is 6.04 Å². The van der Waals surface area contributed by atoms with Gasteiger partial charge in [0.05, 0.1) is 7.11 Å². The molecule has 1 aromatic rings. The fourth-order valence-corrected chi connectivity index (χ4v) is 2.51. The van der Waals surface area contributed by atoms with E-state index in [9.17, 15) is 0 Å². The smallest absolute Gasteiger partial charge is 0.119 e. The van der Waals surface area contributed by atoms with Gasteiger partial charge in [0.2, 0.25) is 0 Å². The van der Waals surface area contributed by atoms with Gasteiger partial charge >= 0.3 is 0 Å². The second-order valence-electron chi connectivity index (χ2n) is 4.03. The highest BCUT2D eigenvalue weighted by Crippen LogP contribution is 2.61. The SMILES string of the molecule is COc1ccc2c(c1)C(N)C1CC21. The maximum absolute atomic E-state index is 6.10. The fraction of sp³-hybridized carbons (Fsp3) is 0.455. The molecule has 0 amide bonds. The van der Waals surface area contributed by atoms with Crippen LogP contribution in [0.2, 0.25) is 0 Å². The third-order valence-electron chi connectivity index (χ3n) is 3.35. The van der Waals surface area contributed by atoms with Gasteiger partial charge in [-0.3, -0.25) is 0 Å². The average molecular weight is 175 g/mol. The maximum Gasteiger partial charge on any atom is 0.119 e. The van der Waals surface area contributed by atoms with Gasteiger partial charge < -0.3 is 10.5 Å². The van der Waals surface area contributed by atoms with Crippen molar-refractivity contribution in [1.29, 1.82) is 0 Å². The Bertz CT molecular complexity index is 361. The van der Waals surface area contributed by atoms with Crippen LogP contribution in [-0.4, -0.2) is 7.11 Å². The number of fused-ring (bicyclic) bond motifs is 3. The van der Waals surface area contributed by atoms with Gasteiger partial charge in [-0.15, -0.1) is 0 Å². The summed E-state index contributed by atoms with van der Waals surface area (Å²) in [7, 11) is 1.70. The lowest BCUT2D eigenvalue weighted by Gasteiger charge is -2.10. The van der Waals surface area contributed by atoms with Crippen LogP contribution in [0.4, 0.5) is 0 Å². The van der Waals surface area contributed by atoms with Crippen LogP contribution in [0.3, 0.4) is 0 Å². The second kappa shape index (κ2) is 2.26. The molecule has 0 bridgehead atoms. The minimum absolute atomic E-state index is 0.259. The number of rotatable bonds is 1. The molecule has 3 atom stereocenters. The number of methoxy groups -OCH3 is 1. The van der Waals surface area contributed by atoms with E-state index in [1.807, 2.05) is 6.07 Å². The summed E-state index contributed by atoms with van der Waals surface area (Å²) in [5, 5.41) is 0. The first-order valence-electron chi connectivity index (χ1n) is 4.74. The van der Waals surface area contributed by atoms with Crippen molar-refractivity contribution in [2.45, 2.75) is 18.4 Å². The van der Waals surface area contributed by atoms with E-state index >= 15 is 0 Å². The van der Waals surface area contributed by atoms with E-state index in [1.54, 1.807) is 7.11 Å². The quantitative estimate of drug-likeness (QED) is 0.706. The Balaban J connectivity index is 2.11. The molecule has 2 N–H and O–H groups in total. The van der Waals surface area contributed by atoms with Gasteiger partial charge in [0, 0.05) is 6.04 Å². The molecule has 0 spiro atoms. The molecular formula is C11H13NO. The Morgan fingerprint density at radius 3 is 3.00 bits per heavy atom. The van der Waals surface area contributed by atoms with Crippen molar-refractivity contribution >= 4 is 0 Å². The van der Waals surface area contributed by atoms with E-state index in [2.05, 4.69) is 12.1 Å². The minimum Gasteiger partial charge on any atom is -0.497 e. The molecule has 13 heavy (non-hydrogen) atoms. The van der Waals surface area contributed by atoms with Crippen molar-refractivity contribution in [1.82, 2.24) is 0 Å². The lowest BCUT2D eigenvalue weighted by atomic mass is 10.0. The molecule has 1 aromatic carbocycles. The highest BCUT2D eigenvalue weighted by atomic mass is 16.5. The number of ether oxygens (including phenoxy) is 1. The Kier molecular flexibility index (Phi) is 1.29. The maximum atomic E-state index is 6.10. The first-order valence-corrected chi connectivity index (χ1v) is 4.74. The van der Waals surface area contributed by atoms with Gasteiger partial charge in [-0.05, 0) is 41.5 Å². The van der Waals surface area contributed by atoms with Gasteiger partial charge in [-0.2, -0.15) is 0 Å². The molecule has 3 unspecified atom stereocenters. The van der Waals surface area contributed by atoms with Gasteiger partial charge in [-0.1, -0.05) is 6.07 Å². The molecule has 0 aliphatic heterocycles. The van der Waals surface area contributed by atoms with Gasteiger partial charge in [-0.25, -0.2) is 0 Å². The summed E-state index contributed by atoms with van der Waals surface area (Å²) < 4.78 is 5.18. The Morgan fingerprint density at radius 1 is 1.38 bits per heavy atom. The lowest BCUT2D eigenvalue weighted by molar-refractivity contribution is 0.413. The summed E-state index contributed by atoms with van der Waals surface area (Å²) >= 11 is 0. The third kappa shape index (κ3) is 0.866. The van der Waals surface area contributed by atoms with Crippen molar-refractivity contribution < 1.29 is 4.74 Å². The fourth-order valence-electron chi connectivity index (χ4n) is 2.51. The van der Waals surface area contributed by atoms with Crippen molar-refractivity contribution in [3.8, 4) is 5.75 Å². The van der Waals surface area contributed by atoms with E-state index in [0.29, 0.717) is 0 Å². The Morgan fingerprint density at radius 2 is 2.23 bits per heavy atom. The van der Waals surface area contributed by atoms with E-state index < -0.39 is 0 Å². The summed E-state index contributed by atoms with van der Waals surface area (Å²) in [6.07, 6.45) is 1.29. The molecule has 0 heterocycles. The predicted octanol–water partition coefficient (Wildman–Crippen LogP) is 1.81. The van der Waals surface area contributed by atoms with Crippen LogP contribution >= 0.6 is 0 Å². The first-order chi connectivity index (χ1) is 6.31. The van der Waals surface area contributed by atoms with Crippen molar-refractivity contribution in [3.05, 3.63) is 29.3 Å². The normalized spacial score (nSPS) is 33.8. The molecule has 0 saturated heterocycles. The van der Waals surface area contributed by atoms with Crippen LogP contribution in [0, 0.1) is 5.92 Å². The highest BCUT2D eigenvalue weighted by Gasteiger charge is 2.50. The Labute approximate surface area is 77.7 Å². The number of hydrogen-bond acceptors (Lipinski definition) is 2. The molecule has 1 fully saturated rings. The van der Waals surface area contributed by atoms with Crippen LogP contribution in [-0.2, 0) is 0 Å². The third-order valence-corrected chi connectivity index (χ3v) is 3.35. The zero-order chi connectivity index (χ0) is 9.00. The van der Waals surface area contributed by atoms with Crippen LogP contribution < -0.4 is 10.5 Å². The summed E-state index contributed by atoms with van der Waals surface area (Å²) in [6.45, 7) is 0. The zero-order valence-electron chi connectivity index (χ0n) is 7.66. The molecule has 2 aliphatic rings. The topological polar surface area (TPSA) is 35.2 Å². The molecule has 3 rings (SSSR count). The Hall–Kier alpha value is -1.02. The minimum atomic E-state index is 0.259. The molecular weight excluding hydrogens is 162 g/mol. The van der Waals surface area contributed by atoms with E-state index in [0.717, 1.165) is 17.6 Å².